The highest BCUT2D eigenvalue weighted by atomic mass is 32.1. The molecule has 0 bridgehead atoms. The third kappa shape index (κ3) is 4.08. The molecule has 0 aliphatic rings. The number of fused-ring (bicyclic) bond motifs is 9. The molecule has 6 aromatic carbocycles. The summed E-state index contributed by atoms with van der Waals surface area (Å²) >= 11 is 3.69. The fourth-order valence-corrected chi connectivity index (χ4v) is 8.89. The quantitative estimate of drug-likeness (QED) is 0.184. The Bertz CT molecular complexity index is 2810. The maximum atomic E-state index is 5.22. The van der Waals surface area contributed by atoms with E-state index < -0.39 is 0 Å². The van der Waals surface area contributed by atoms with Crippen LogP contribution in [0.2, 0.25) is 0 Å². The third-order valence-electron chi connectivity index (χ3n) is 9.08. The lowest BCUT2D eigenvalue weighted by Gasteiger charge is -2.09. The van der Waals surface area contributed by atoms with Crippen molar-refractivity contribution in [2.24, 2.45) is 0 Å². The SMILES string of the molecule is c1ccc2c(c1)sc1ccc(-c3ccc(-c4ccc5ccc6ccc(-c7ccc8sc9ccccc9c8c7)nc6c5n4)cc3)cc12. The Hall–Kier alpha value is -5.42. The van der Waals surface area contributed by atoms with Crippen LogP contribution in [0.5, 0.6) is 0 Å². The van der Waals surface area contributed by atoms with E-state index in [1.54, 1.807) is 0 Å². The normalized spacial score (nSPS) is 11.9. The van der Waals surface area contributed by atoms with E-state index in [1.165, 1.54) is 51.5 Å². The fourth-order valence-electron chi connectivity index (χ4n) is 6.71. The molecule has 214 valence electrons. The van der Waals surface area contributed by atoms with E-state index in [-0.39, 0.29) is 0 Å². The maximum absolute atomic E-state index is 5.22. The van der Waals surface area contributed by atoms with Crippen LogP contribution in [0.25, 0.3) is 95.8 Å². The lowest BCUT2D eigenvalue weighted by molar-refractivity contribution is 1.37. The zero-order valence-electron chi connectivity index (χ0n) is 24.6. The number of benzene rings is 6. The van der Waals surface area contributed by atoms with Crippen molar-refractivity contribution >= 4 is 84.8 Å². The van der Waals surface area contributed by atoms with Crippen LogP contribution < -0.4 is 0 Å². The Labute approximate surface area is 272 Å². The molecule has 0 atom stereocenters. The Morgan fingerprint density at radius 2 is 0.761 bits per heavy atom. The van der Waals surface area contributed by atoms with E-state index >= 15 is 0 Å². The lowest BCUT2D eigenvalue weighted by atomic mass is 10.0. The van der Waals surface area contributed by atoms with E-state index in [0.29, 0.717) is 0 Å². The van der Waals surface area contributed by atoms with Gasteiger partial charge in [0, 0.05) is 62.2 Å². The summed E-state index contributed by atoms with van der Waals surface area (Å²) < 4.78 is 5.27. The minimum atomic E-state index is 0.928. The van der Waals surface area contributed by atoms with Crippen LogP contribution >= 0.6 is 22.7 Å². The minimum absolute atomic E-state index is 0.928. The molecule has 0 amide bonds. The van der Waals surface area contributed by atoms with Crippen LogP contribution in [0.15, 0.2) is 146 Å². The van der Waals surface area contributed by atoms with Gasteiger partial charge in [0.05, 0.1) is 22.4 Å². The number of aromatic nitrogens is 2. The number of rotatable bonds is 3. The van der Waals surface area contributed by atoms with Crippen LogP contribution in [0.3, 0.4) is 0 Å². The summed E-state index contributed by atoms with van der Waals surface area (Å²) in [5.41, 5.74) is 8.41. The molecule has 10 rings (SSSR count). The third-order valence-corrected chi connectivity index (χ3v) is 11.4. The summed E-state index contributed by atoms with van der Waals surface area (Å²) in [6, 6.07) is 52.5. The molecule has 0 unspecified atom stereocenters. The second kappa shape index (κ2) is 10.0. The first-order valence-electron chi connectivity index (χ1n) is 15.4. The van der Waals surface area contributed by atoms with Gasteiger partial charge in [-0.3, -0.25) is 0 Å². The van der Waals surface area contributed by atoms with Gasteiger partial charge in [-0.25, -0.2) is 9.97 Å². The van der Waals surface area contributed by atoms with E-state index in [2.05, 4.69) is 146 Å². The average molecular weight is 621 g/mol. The van der Waals surface area contributed by atoms with Gasteiger partial charge in [0.15, 0.2) is 0 Å². The Balaban J connectivity index is 1.04. The topological polar surface area (TPSA) is 25.8 Å². The van der Waals surface area contributed by atoms with Crippen molar-refractivity contribution in [3.8, 4) is 33.6 Å². The molecule has 0 aliphatic carbocycles. The van der Waals surface area contributed by atoms with Crippen LogP contribution in [-0.4, -0.2) is 9.97 Å². The molecular weight excluding hydrogens is 597 g/mol. The maximum Gasteiger partial charge on any atom is 0.0972 e. The fraction of sp³-hybridized carbons (Fsp3) is 0. The van der Waals surface area contributed by atoms with E-state index in [4.69, 9.17) is 9.97 Å². The standard InChI is InChI=1S/C42H24N2S2/c1-3-7-37-31(5-1)33-23-29(17-21-39(33)45-37)25-9-11-26(12-10-25)35-19-15-27-13-14-28-16-20-36(44-42(28)41(27)43-35)30-18-22-40-34(24-30)32-6-2-4-8-38(32)46-40/h1-24H. The summed E-state index contributed by atoms with van der Waals surface area (Å²) in [4.78, 5) is 10.4. The molecule has 4 aromatic heterocycles. The largest absolute Gasteiger partial charge is 0.245 e. The molecule has 0 aliphatic heterocycles. The van der Waals surface area contributed by atoms with Gasteiger partial charge in [-0.15, -0.1) is 22.7 Å². The number of hydrogen-bond acceptors (Lipinski definition) is 4. The van der Waals surface area contributed by atoms with Crippen molar-refractivity contribution in [3.05, 3.63) is 146 Å². The molecule has 2 nitrogen and oxygen atoms in total. The van der Waals surface area contributed by atoms with Gasteiger partial charge >= 0.3 is 0 Å². The molecule has 0 saturated heterocycles. The van der Waals surface area contributed by atoms with Crippen molar-refractivity contribution in [2.75, 3.05) is 0 Å². The lowest BCUT2D eigenvalue weighted by Crippen LogP contribution is -1.91. The van der Waals surface area contributed by atoms with Gasteiger partial charge in [-0.2, -0.15) is 0 Å². The first kappa shape index (κ1) is 25.9. The van der Waals surface area contributed by atoms with Gasteiger partial charge in [0.25, 0.3) is 0 Å². The van der Waals surface area contributed by atoms with E-state index in [0.717, 1.165) is 44.3 Å². The molecule has 10 aromatic rings. The highest BCUT2D eigenvalue weighted by Crippen LogP contribution is 2.38. The van der Waals surface area contributed by atoms with Crippen LogP contribution in [0.1, 0.15) is 0 Å². The molecule has 46 heavy (non-hydrogen) atoms. The highest BCUT2D eigenvalue weighted by Gasteiger charge is 2.12. The Morgan fingerprint density at radius 3 is 1.37 bits per heavy atom. The number of thiophene rings is 2. The Kier molecular flexibility index (Phi) is 5.65. The minimum Gasteiger partial charge on any atom is -0.245 e. The van der Waals surface area contributed by atoms with E-state index in [1.807, 2.05) is 22.7 Å². The van der Waals surface area contributed by atoms with Crippen molar-refractivity contribution in [1.29, 1.82) is 0 Å². The molecule has 4 heteroatoms. The van der Waals surface area contributed by atoms with Gasteiger partial charge < -0.3 is 0 Å². The highest BCUT2D eigenvalue weighted by molar-refractivity contribution is 7.26. The van der Waals surface area contributed by atoms with Gasteiger partial charge in [0.1, 0.15) is 0 Å². The number of hydrogen-bond donors (Lipinski definition) is 0. The summed E-state index contributed by atoms with van der Waals surface area (Å²) in [5.74, 6) is 0. The monoisotopic (exact) mass is 620 g/mol. The molecule has 4 heterocycles. The van der Waals surface area contributed by atoms with Crippen molar-refractivity contribution in [2.45, 2.75) is 0 Å². The van der Waals surface area contributed by atoms with Crippen molar-refractivity contribution in [1.82, 2.24) is 9.97 Å². The summed E-state index contributed by atoms with van der Waals surface area (Å²) in [6.45, 7) is 0. The summed E-state index contributed by atoms with van der Waals surface area (Å²) in [5, 5.41) is 7.41. The first-order valence-corrected chi connectivity index (χ1v) is 17.0. The van der Waals surface area contributed by atoms with Gasteiger partial charge in [0.2, 0.25) is 0 Å². The molecule has 0 N–H and O–H groups in total. The van der Waals surface area contributed by atoms with Crippen LogP contribution in [0, 0.1) is 0 Å². The van der Waals surface area contributed by atoms with Gasteiger partial charge in [-0.1, -0.05) is 97.1 Å². The van der Waals surface area contributed by atoms with Gasteiger partial charge in [-0.05, 0) is 59.7 Å². The van der Waals surface area contributed by atoms with Crippen LogP contribution in [0.4, 0.5) is 0 Å². The smallest absolute Gasteiger partial charge is 0.0972 e. The average Bonchev–Trinajstić information content (AvgIpc) is 3.69. The summed E-state index contributed by atoms with van der Waals surface area (Å²) in [6.07, 6.45) is 0. The molecule has 0 saturated carbocycles. The summed E-state index contributed by atoms with van der Waals surface area (Å²) in [7, 11) is 0. The van der Waals surface area contributed by atoms with E-state index in [9.17, 15) is 0 Å². The molecule has 0 fully saturated rings. The zero-order chi connectivity index (χ0) is 30.2. The number of pyridine rings is 2. The predicted molar refractivity (Wildman–Crippen MR) is 199 cm³/mol. The predicted octanol–water partition coefficient (Wildman–Crippen LogP) is 12.5. The first-order chi connectivity index (χ1) is 22.7. The molecular formula is C42H24N2S2. The molecule has 0 spiro atoms. The van der Waals surface area contributed by atoms with Crippen molar-refractivity contribution in [3.63, 3.8) is 0 Å². The second-order valence-corrected chi connectivity index (χ2v) is 14.0. The molecule has 0 radical (unpaired) electrons. The second-order valence-electron chi connectivity index (χ2n) is 11.8. The van der Waals surface area contributed by atoms with Crippen molar-refractivity contribution < 1.29 is 0 Å². The zero-order valence-corrected chi connectivity index (χ0v) is 26.2. The Morgan fingerprint density at radius 1 is 0.326 bits per heavy atom. The van der Waals surface area contributed by atoms with Crippen LogP contribution in [-0.2, 0) is 0 Å². The number of nitrogens with zero attached hydrogens (tertiary/aromatic N) is 2.